The highest BCUT2D eigenvalue weighted by Gasteiger charge is 2.45. The Kier molecular flexibility index (Phi) is 4.96. The Morgan fingerprint density at radius 1 is 1.17 bits per heavy atom. The van der Waals surface area contributed by atoms with E-state index < -0.39 is 0 Å². The third-order valence-corrected chi connectivity index (χ3v) is 4.73. The molecule has 3 rings (SSSR count). The Morgan fingerprint density at radius 2 is 1.96 bits per heavy atom. The van der Waals surface area contributed by atoms with Crippen LogP contribution >= 0.6 is 0 Å². The van der Waals surface area contributed by atoms with Crippen LogP contribution in [-0.4, -0.2) is 53.4 Å². The van der Waals surface area contributed by atoms with Gasteiger partial charge in [0.2, 0.25) is 11.8 Å². The number of amides is 2. The maximum Gasteiger partial charge on any atom is 0.246 e. The van der Waals surface area contributed by atoms with Crippen molar-refractivity contribution in [2.75, 3.05) is 19.7 Å². The molecule has 2 heterocycles. The molecule has 2 atom stereocenters. The topological polar surface area (TPSA) is 49.9 Å². The number of nitrogens with zero attached hydrogens (tertiary/aromatic N) is 2. The minimum atomic E-state index is -0.342. The van der Waals surface area contributed by atoms with Gasteiger partial charge in [-0.15, -0.1) is 0 Å². The summed E-state index contributed by atoms with van der Waals surface area (Å²) in [7, 11) is 0. The number of ether oxygens (including phenoxy) is 1. The molecule has 0 N–H and O–H groups in total. The fourth-order valence-electron chi connectivity index (χ4n) is 3.45. The average Bonchev–Trinajstić information content (AvgIpc) is 3.06. The van der Waals surface area contributed by atoms with E-state index in [2.05, 4.69) is 0 Å². The van der Waals surface area contributed by atoms with E-state index >= 15 is 0 Å². The quantitative estimate of drug-likeness (QED) is 0.752. The molecule has 0 aliphatic carbocycles. The molecule has 2 aliphatic heterocycles. The molecule has 23 heavy (non-hydrogen) atoms. The smallest absolute Gasteiger partial charge is 0.246 e. The van der Waals surface area contributed by atoms with Crippen LogP contribution in [0.25, 0.3) is 0 Å². The van der Waals surface area contributed by atoms with Crippen LogP contribution in [0.15, 0.2) is 30.3 Å². The maximum atomic E-state index is 12.5. The summed E-state index contributed by atoms with van der Waals surface area (Å²) in [6, 6.07) is 9.47. The molecule has 2 saturated heterocycles. The van der Waals surface area contributed by atoms with E-state index in [9.17, 15) is 9.59 Å². The zero-order chi connectivity index (χ0) is 16.2. The van der Waals surface area contributed by atoms with Crippen LogP contribution in [0.2, 0.25) is 0 Å². The summed E-state index contributed by atoms with van der Waals surface area (Å²) in [4.78, 5) is 28.4. The molecule has 2 fully saturated rings. The van der Waals surface area contributed by atoms with Gasteiger partial charge >= 0.3 is 0 Å². The van der Waals surface area contributed by atoms with E-state index in [0.29, 0.717) is 19.8 Å². The van der Waals surface area contributed by atoms with Crippen LogP contribution in [0.4, 0.5) is 0 Å². The lowest BCUT2D eigenvalue weighted by Crippen LogP contribution is -2.61. The molecule has 0 saturated carbocycles. The predicted octanol–water partition coefficient (Wildman–Crippen LogP) is 1.81. The lowest BCUT2D eigenvalue weighted by Gasteiger charge is -2.41. The van der Waals surface area contributed by atoms with Gasteiger partial charge in [0.25, 0.3) is 0 Å². The summed E-state index contributed by atoms with van der Waals surface area (Å²) in [5.74, 6) is 0.204. The van der Waals surface area contributed by atoms with Crippen LogP contribution in [0, 0.1) is 0 Å². The number of hydrogen-bond donors (Lipinski definition) is 0. The van der Waals surface area contributed by atoms with Gasteiger partial charge in [0.15, 0.2) is 0 Å². The lowest BCUT2D eigenvalue weighted by atomic mass is 10.1. The second kappa shape index (κ2) is 7.13. The monoisotopic (exact) mass is 316 g/mol. The minimum absolute atomic E-state index is 0.0947. The molecule has 5 heteroatoms. The molecule has 5 nitrogen and oxygen atoms in total. The normalized spacial score (nSPS) is 24.2. The van der Waals surface area contributed by atoms with Gasteiger partial charge in [-0.1, -0.05) is 30.3 Å². The molecular weight excluding hydrogens is 292 g/mol. The first-order chi connectivity index (χ1) is 11.2. The Labute approximate surface area is 137 Å². The van der Waals surface area contributed by atoms with Crippen LogP contribution < -0.4 is 0 Å². The Bertz CT molecular complexity index is 561. The number of carbonyl (C=O) groups is 2. The van der Waals surface area contributed by atoms with E-state index in [1.54, 1.807) is 9.80 Å². The van der Waals surface area contributed by atoms with Crippen molar-refractivity contribution in [3.8, 4) is 0 Å². The first kappa shape index (κ1) is 16.0. The first-order valence-electron chi connectivity index (χ1n) is 8.41. The first-order valence-corrected chi connectivity index (χ1v) is 8.41. The number of piperazine rings is 1. The summed E-state index contributed by atoms with van der Waals surface area (Å²) in [6.07, 6.45) is 2.49. The van der Waals surface area contributed by atoms with E-state index in [-0.39, 0.29) is 23.9 Å². The highest BCUT2D eigenvalue weighted by molar-refractivity contribution is 5.97. The summed E-state index contributed by atoms with van der Waals surface area (Å²) in [5, 5.41) is 0. The van der Waals surface area contributed by atoms with Gasteiger partial charge < -0.3 is 14.5 Å². The minimum Gasteiger partial charge on any atom is -0.377 e. The Hall–Kier alpha value is -1.88. The van der Waals surface area contributed by atoms with Crippen LogP contribution in [-0.2, 0) is 20.9 Å². The second-order valence-corrected chi connectivity index (χ2v) is 6.29. The van der Waals surface area contributed by atoms with Crippen molar-refractivity contribution >= 4 is 11.8 Å². The molecule has 0 bridgehead atoms. The zero-order valence-corrected chi connectivity index (χ0v) is 13.6. The van der Waals surface area contributed by atoms with Gasteiger partial charge in [0.1, 0.15) is 12.1 Å². The number of fused-ring (bicyclic) bond motifs is 1. The van der Waals surface area contributed by atoms with Gasteiger partial charge in [-0.05, 0) is 31.7 Å². The third-order valence-electron chi connectivity index (χ3n) is 4.73. The molecule has 0 spiro atoms. The molecule has 1 aromatic carbocycles. The van der Waals surface area contributed by atoms with Crippen molar-refractivity contribution in [3.63, 3.8) is 0 Å². The highest BCUT2D eigenvalue weighted by atomic mass is 16.5. The van der Waals surface area contributed by atoms with E-state index in [0.717, 1.165) is 31.4 Å². The van der Waals surface area contributed by atoms with E-state index in [1.165, 1.54) is 0 Å². The van der Waals surface area contributed by atoms with Gasteiger partial charge in [0, 0.05) is 19.7 Å². The molecule has 0 radical (unpaired) electrons. The number of hydrogen-bond acceptors (Lipinski definition) is 3. The molecular formula is C18H24N2O3. The largest absolute Gasteiger partial charge is 0.377 e. The van der Waals surface area contributed by atoms with Gasteiger partial charge in [-0.3, -0.25) is 9.59 Å². The maximum absolute atomic E-state index is 12.5. The third kappa shape index (κ3) is 3.39. The number of carbonyl (C=O) groups excluding carboxylic acids is 2. The summed E-state index contributed by atoms with van der Waals surface area (Å²) in [5.41, 5.74) is 1.15. The Morgan fingerprint density at radius 3 is 2.74 bits per heavy atom. The van der Waals surface area contributed by atoms with Crippen molar-refractivity contribution < 1.29 is 14.3 Å². The fraction of sp³-hybridized carbons (Fsp3) is 0.556. The number of benzene rings is 1. The van der Waals surface area contributed by atoms with Crippen LogP contribution in [0.1, 0.15) is 31.7 Å². The molecule has 2 amide bonds. The van der Waals surface area contributed by atoms with Crippen molar-refractivity contribution in [3.05, 3.63) is 35.9 Å². The van der Waals surface area contributed by atoms with E-state index in [1.807, 2.05) is 37.3 Å². The average molecular weight is 316 g/mol. The van der Waals surface area contributed by atoms with Gasteiger partial charge in [-0.2, -0.15) is 0 Å². The lowest BCUT2D eigenvalue weighted by molar-refractivity contribution is -0.158. The summed E-state index contributed by atoms with van der Waals surface area (Å²) < 4.78 is 5.66. The predicted molar refractivity (Wildman–Crippen MR) is 86.6 cm³/mol. The van der Waals surface area contributed by atoms with Gasteiger partial charge in [-0.25, -0.2) is 0 Å². The fourth-order valence-corrected chi connectivity index (χ4v) is 3.45. The van der Waals surface area contributed by atoms with Crippen molar-refractivity contribution in [1.29, 1.82) is 0 Å². The molecule has 1 aromatic rings. The second-order valence-electron chi connectivity index (χ2n) is 6.29. The van der Waals surface area contributed by atoms with E-state index in [4.69, 9.17) is 4.74 Å². The van der Waals surface area contributed by atoms with Crippen LogP contribution in [0.5, 0.6) is 0 Å². The van der Waals surface area contributed by atoms with Crippen molar-refractivity contribution in [2.24, 2.45) is 0 Å². The number of rotatable bonds is 6. The van der Waals surface area contributed by atoms with Crippen molar-refractivity contribution in [2.45, 2.75) is 44.9 Å². The molecule has 2 aliphatic rings. The van der Waals surface area contributed by atoms with Crippen LogP contribution in [0.3, 0.4) is 0 Å². The Balaban J connectivity index is 1.46. The van der Waals surface area contributed by atoms with Crippen molar-refractivity contribution in [1.82, 2.24) is 9.80 Å². The highest BCUT2D eigenvalue weighted by Crippen LogP contribution is 2.26. The molecule has 124 valence electrons. The van der Waals surface area contributed by atoms with Gasteiger partial charge in [0.05, 0.1) is 6.61 Å². The summed E-state index contributed by atoms with van der Waals surface area (Å²) in [6.45, 7) is 4.33. The molecule has 0 unspecified atom stereocenters. The standard InChI is InChI=1S/C18H24N2O3/c1-14-17(21)20-10-5-9-16(20)18(22)19(14)11-6-12-23-13-15-7-3-2-4-8-15/h2-4,7-8,14,16H,5-6,9-13H2,1H3/t14-,16-/m0/s1. The summed E-state index contributed by atoms with van der Waals surface area (Å²) >= 11 is 0. The SMILES string of the molecule is C[C@H]1C(=O)N2CCC[C@H]2C(=O)N1CCCOCc1ccccc1. The molecule has 0 aromatic heterocycles. The zero-order valence-electron chi connectivity index (χ0n) is 13.6.